The molecule has 0 aromatic heterocycles. The molecule has 3 aliphatic rings. The first kappa shape index (κ1) is 16.1. The molecule has 2 fully saturated rings. The standard InChI is InChI=1S/C16H27N3.HI/c1-2-17-16(19-14-5-3-4-6-14)18-11-15(12-7-8-12)13-9-10-13;/h3-4,12-15H,2,5-11H2,1H3,(H2,17,18,19);1H. The van der Waals surface area contributed by atoms with Crippen LogP contribution in [-0.4, -0.2) is 25.1 Å². The van der Waals surface area contributed by atoms with E-state index in [1.807, 2.05) is 0 Å². The van der Waals surface area contributed by atoms with Gasteiger partial charge in [-0.25, -0.2) is 0 Å². The number of hydrogen-bond acceptors (Lipinski definition) is 1. The monoisotopic (exact) mass is 389 g/mol. The smallest absolute Gasteiger partial charge is 0.191 e. The average Bonchev–Trinajstić information content (AvgIpc) is 3.32. The van der Waals surface area contributed by atoms with E-state index in [0.29, 0.717) is 6.04 Å². The number of guanidine groups is 1. The minimum Gasteiger partial charge on any atom is -0.357 e. The molecule has 0 atom stereocenters. The fourth-order valence-corrected chi connectivity index (χ4v) is 3.18. The number of aliphatic imine (C=N–C) groups is 1. The van der Waals surface area contributed by atoms with Crippen LogP contribution in [0.4, 0.5) is 0 Å². The highest BCUT2D eigenvalue weighted by molar-refractivity contribution is 14.0. The van der Waals surface area contributed by atoms with Gasteiger partial charge in [0, 0.05) is 19.1 Å². The van der Waals surface area contributed by atoms with Gasteiger partial charge in [-0.1, -0.05) is 12.2 Å². The molecular weight excluding hydrogens is 361 g/mol. The molecule has 3 nitrogen and oxygen atoms in total. The lowest BCUT2D eigenvalue weighted by Crippen LogP contribution is -2.42. The lowest BCUT2D eigenvalue weighted by molar-refractivity contribution is 0.416. The zero-order chi connectivity index (χ0) is 13.1. The van der Waals surface area contributed by atoms with Gasteiger partial charge in [-0.3, -0.25) is 4.99 Å². The van der Waals surface area contributed by atoms with E-state index >= 15 is 0 Å². The van der Waals surface area contributed by atoms with Crippen LogP contribution in [0.15, 0.2) is 17.1 Å². The predicted octanol–water partition coefficient (Wildman–Crippen LogP) is 3.31. The Bertz CT molecular complexity index is 339. The minimum atomic E-state index is 0. The van der Waals surface area contributed by atoms with Gasteiger partial charge in [0.25, 0.3) is 0 Å². The summed E-state index contributed by atoms with van der Waals surface area (Å²) in [4.78, 5) is 4.87. The second-order valence-electron chi connectivity index (χ2n) is 6.34. The Balaban J connectivity index is 0.00000147. The van der Waals surface area contributed by atoms with Crippen LogP contribution in [0.3, 0.4) is 0 Å². The van der Waals surface area contributed by atoms with E-state index in [-0.39, 0.29) is 24.0 Å². The Hall–Kier alpha value is -0.260. The molecular formula is C16H28IN3. The molecule has 114 valence electrons. The zero-order valence-corrected chi connectivity index (χ0v) is 14.8. The maximum absolute atomic E-state index is 4.87. The molecule has 0 saturated heterocycles. The average molecular weight is 389 g/mol. The number of halogens is 1. The van der Waals surface area contributed by atoms with Crippen molar-refractivity contribution in [2.24, 2.45) is 22.7 Å². The van der Waals surface area contributed by atoms with Crippen molar-refractivity contribution in [1.29, 1.82) is 0 Å². The maximum atomic E-state index is 4.87. The number of nitrogens with zero attached hydrogens (tertiary/aromatic N) is 1. The van der Waals surface area contributed by atoms with Crippen LogP contribution in [0.25, 0.3) is 0 Å². The zero-order valence-electron chi connectivity index (χ0n) is 12.5. The Morgan fingerprint density at radius 3 is 2.25 bits per heavy atom. The molecule has 0 aliphatic heterocycles. The molecule has 0 aromatic rings. The molecule has 3 rings (SSSR count). The first-order chi connectivity index (χ1) is 9.36. The van der Waals surface area contributed by atoms with E-state index in [9.17, 15) is 0 Å². The van der Waals surface area contributed by atoms with Gasteiger partial charge in [0.15, 0.2) is 5.96 Å². The highest BCUT2D eigenvalue weighted by Crippen LogP contribution is 2.49. The normalized spacial score (nSPS) is 23.0. The summed E-state index contributed by atoms with van der Waals surface area (Å²) in [5, 5.41) is 6.96. The molecule has 0 bridgehead atoms. The van der Waals surface area contributed by atoms with Crippen molar-refractivity contribution in [3.8, 4) is 0 Å². The number of hydrogen-bond donors (Lipinski definition) is 2. The van der Waals surface area contributed by atoms with Gasteiger partial charge >= 0.3 is 0 Å². The first-order valence-electron chi connectivity index (χ1n) is 8.06. The molecule has 4 heteroatoms. The Kier molecular flexibility index (Phi) is 6.18. The summed E-state index contributed by atoms with van der Waals surface area (Å²) in [5.41, 5.74) is 0. The molecule has 0 amide bonds. The van der Waals surface area contributed by atoms with Crippen LogP contribution in [0.1, 0.15) is 45.4 Å². The van der Waals surface area contributed by atoms with Crippen LogP contribution in [0, 0.1) is 17.8 Å². The largest absolute Gasteiger partial charge is 0.357 e. The highest BCUT2D eigenvalue weighted by Gasteiger charge is 2.41. The molecule has 0 spiro atoms. The third-order valence-corrected chi connectivity index (χ3v) is 4.61. The summed E-state index contributed by atoms with van der Waals surface area (Å²) >= 11 is 0. The SMILES string of the molecule is CCNC(=NCC(C1CC1)C1CC1)NC1CC=CC1.I. The van der Waals surface area contributed by atoms with Gasteiger partial charge < -0.3 is 10.6 Å². The third-order valence-electron chi connectivity index (χ3n) is 4.61. The van der Waals surface area contributed by atoms with E-state index in [1.54, 1.807) is 0 Å². The summed E-state index contributed by atoms with van der Waals surface area (Å²) in [5.74, 6) is 3.89. The molecule has 0 heterocycles. The van der Waals surface area contributed by atoms with Crippen LogP contribution in [0.2, 0.25) is 0 Å². The molecule has 2 N–H and O–H groups in total. The van der Waals surface area contributed by atoms with E-state index in [0.717, 1.165) is 49.6 Å². The van der Waals surface area contributed by atoms with Gasteiger partial charge in [-0.05, 0) is 63.2 Å². The van der Waals surface area contributed by atoms with Gasteiger partial charge in [0.1, 0.15) is 0 Å². The van der Waals surface area contributed by atoms with E-state index in [2.05, 4.69) is 29.7 Å². The van der Waals surface area contributed by atoms with E-state index in [1.165, 1.54) is 25.7 Å². The molecule has 20 heavy (non-hydrogen) atoms. The van der Waals surface area contributed by atoms with Gasteiger partial charge in [0.2, 0.25) is 0 Å². The summed E-state index contributed by atoms with van der Waals surface area (Å²) < 4.78 is 0. The minimum absolute atomic E-state index is 0. The summed E-state index contributed by atoms with van der Waals surface area (Å²) in [6, 6.07) is 0.554. The quantitative estimate of drug-likeness (QED) is 0.317. The van der Waals surface area contributed by atoms with Crippen LogP contribution >= 0.6 is 24.0 Å². The molecule has 2 saturated carbocycles. The summed E-state index contributed by atoms with van der Waals surface area (Å²) in [7, 11) is 0. The first-order valence-corrected chi connectivity index (χ1v) is 8.06. The number of rotatable bonds is 6. The molecule has 0 aromatic carbocycles. The topological polar surface area (TPSA) is 36.4 Å². The lowest BCUT2D eigenvalue weighted by atomic mass is 9.98. The Morgan fingerprint density at radius 1 is 1.15 bits per heavy atom. The lowest BCUT2D eigenvalue weighted by Gasteiger charge is -2.18. The summed E-state index contributed by atoms with van der Waals surface area (Å²) in [6.45, 7) is 4.12. The van der Waals surface area contributed by atoms with Crippen LogP contribution < -0.4 is 10.6 Å². The van der Waals surface area contributed by atoms with E-state index < -0.39 is 0 Å². The predicted molar refractivity (Wildman–Crippen MR) is 95.6 cm³/mol. The van der Waals surface area contributed by atoms with Crippen molar-refractivity contribution in [3.05, 3.63) is 12.2 Å². The second kappa shape index (κ2) is 7.66. The van der Waals surface area contributed by atoms with Crippen molar-refractivity contribution in [1.82, 2.24) is 10.6 Å². The van der Waals surface area contributed by atoms with Crippen molar-refractivity contribution in [2.75, 3.05) is 13.1 Å². The second-order valence-corrected chi connectivity index (χ2v) is 6.34. The van der Waals surface area contributed by atoms with Crippen LogP contribution in [-0.2, 0) is 0 Å². The van der Waals surface area contributed by atoms with Crippen LogP contribution in [0.5, 0.6) is 0 Å². The van der Waals surface area contributed by atoms with Gasteiger partial charge in [-0.2, -0.15) is 0 Å². The third kappa shape index (κ3) is 4.64. The fraction of sp³-hybridized carbons (Fsp3) is 0.812. The highest BCUT2D eigenvalue weighted by atomic mass is 127. The Morgan fingerprint density at radius 2 is 1.75 bits per heavy atom. The van der Waals surface area contributed by atoms with Gasteiger partial charge in [-0.15, -0.1) is 24.0 Å². The molecule has 3 aliphatic carbocycles. The van der Waals surface area contributed by atoms with E-state index in [4.69, 9.17) is 4.99 Å². The van der Waals surface area contributed by atoms with Crippen molar-refractivity contribution >= 4 is 29.9 Å². The molecule has 0 radical (unpaired) electrons. The molecule has 0 unspecified atom stereocenters. The van der Waals surface area contributed by atoms with Crippen molar-refractivity contribution in [2.45, 2.75) is 51.5 Å². The van der Waals surface area contributed by atoms with Crippen molar-refractivity contribution < 1.29 is 0 Å². The Labute approximate surface area is 140 Å². The summed E-state index contributed by atoms with van der Waals surface area (Å²) in [6.07, 6.45) is 12.6. The fourth-order valence-electron chi connectivity index (χ4n) is 3.18. The number of nitrogens with one attached hydrogen (secondary N) is 2. The van der Waals surface area contributed by atoms with Gasteiger partial charge in [0.05, 0.1) is 0 Å². The van der Waals surface area contributed by atoms with Crippen molar-refractivity contribution in [3.63, 3.8) is 0 Å². The maximum Gasteiger partial charge on any atom is 0.191 e.